The van der Waals surface area contributed by atoms with Crippen molar-refractivity contribution in [3.05, 3.63) is 47.3 Å². The van der Waals surface area contributed by atoms with Crippen LogP contribution in [-0.4, -0.2) is 41.0 Å². The van der Waals surface area contributed by atoms with Gasteiger partial charge in [0, 0.05) is 31.4 Å². The maximum atomic E-state index is 12.6. The summed E-state index contributed by atoms with van der Waals surface area (Å²) in [5.41, 5.74) is 2.32. The van der Waals surface area contributed by atoms with E-state index >= 15 is 0 Å². The maximum absolute atomic E-state index is 12.6. The zero-order valence-corrected chi connectivity index (χ0v) is 14.8. The smallest absolute Gasteiger partial charge is 0.257 e. The summed E-state index contributed by atoms with van der Waals surface area (Å²) in [6, 6.07) is 7.81. The van der Waals surface area contributed by atoms with Crippen LogP contribution in [0.15, 0.2) is 30.5 Å². The normalized spacial score (nSPS) is 14.2. The Morgan fingerprint density at radius 2 is 2.00 bits per heavy atom. The van der Waals surface area contributed by atoms with E-state index in [1.807, 2.05) is 36.1 Å². The minimum absolute atomic E-state index is 0.0356. The molecule has 0 radical (unpaired) electrons. The molecule has 2 heterocycles. The molecule has 25 heavy (non-hydrogen) atoms. The first kappa shape index (κ1) is 17.2. The molecule has 1 aromatic carbocycles. The first-order valence-corrected chi connectivity index (χ1v) is 8.67. The van der Waals surface area contributed by atoms with Crippen LogP contribution < -0.4 is 10.1 Å². The van der Waals surface area contributed by atoms with Crippen molar-refractivity contribution in [2.45, 2.75) is 32.7 Å². The van der Waals surface area contributed by atoms with Gasteiger partial charge in [0.25, 0.3) is 5.91 Å². The third-order valence-electron chi connectivity index (χ3n) is 4.48. The van der Waals surface area contributed by atoms with E-state index in [9.17, 15) is 4.79 Å². The van der Waals surface area contributed by atoms with Crippen LogP contribution in [-0.2, 0) is 6.54 Å². The Balaban J connectivity index is 1.68. The zero-order chi connectivity index (χ0) is 17.6. The summed E-state index contributed by atoms with van der Waals surface area (Å²) in [5, 5.41) is 3.20. The van der Waals surface area contributed by atoms with Crippen LogP contribution in [0.2, 0.25) is 0 Å². The quantitative estimate of drug-likeness (QED) is 0.906. The monoisotopic (exact) mass is 340 g/mol. The SMILES string of the molecule is COc1ccccc1CNc1ncc(C(=O)N2CCCCC2)c(C)n1. The first-order valence-electron chi connectivity index (χ1n) is 8.67. The number of hydrogen-bond acceptors (Lipinski definition) is 5. The van der Waals surface area contributed by atoms with E-state index in [1.54, 1.807) is 13.3 Å². The van der Waals surface area contributed by atoms with E-state index in [-0.39, 0.29) is 5.91 Å². The Kier molecular flexibility index (Phi) is 5.48. The summed E-state index contributed by atoms with van der Waals surface area (Å²) in [6.45, 7) is 4.06. The number of benzene rings is 1. The van der Waals surface area contributed by atoms with Gasteiger partial charge in [-0.3, -0.25) is 4.79 Å². The molecule has 1 aromatic heterocycles. The molecule has 3 rings (SSSR count). The number of hydrogen-bond donors (Lipinski definition) is 1. The molecule has 1 amide bonds. The number of likely N-dealkylation sites (tertiary alicyclic amines) is 1. The van der Waals surface area contributed by atoms with Crippen molar-refractivity contribution in [1.82, 2.24) is 14.9 Å². The molecule has 0 atom stereocenters. The Bertz CT molecular complexity index is 742. The van der Waals surface area contributed by atoms with Gasteiger partial charge in [-0.25, -0.2) is 9.97 Å². The lowest BCUT2D eigenvalue weighted by Crippen LogP contribution is -2.36. The largest absolute Gasteiger partial charge is 0.496 e. The molecule has 0 bridgehead atoms. The minimum atomic E-state index is 0.0356. The predicted molar refractivity (Wildman–Crippen MR) is 96.8 cm³/mol. The van der Waals surface area contributed by atoms with Crippen LogP contribution in [0.5, 0.6) is 5.75 Å². The fraction of sp³-hybridized carbons (Fsp3) is 0.421. The highest BCUT2D eigenvalue weighted by molar-refractivity contribution is 5.95. The second-order valence-electron chi connectivity index (χ2n) is 6.21. The number of amides is 1. The number of carbonyl (C=O) groups excluding carboxylic acids is 1. The molecule has 0 unspecified atom stereocenters. The van der Waals surface area contributed by atoms with Gasteiger partial charge in [-0.1, -0.05) is 18.2 Å². The van der Waals surface area contributed by atoms with Crippen LogP contribution in [0.4, 0.5) is 5.95 Å². The summed E-state index contributed by atoms with van der Waals surface area (Å²) in [6.07, 6.45) is 4.98. The van der Waals surface area contributed by atoms with Gasteiger partial charge in [0.05, 0.1) is 18.4 Å². The third-order valence-corrected chi connectivity index (χ3v) is 4.48. The van der Waals surface area contributed by atoms with Gasteiger partial charge >= 0.3 is 0 Å². The highest BCUT2D eigenvalue weighted by Gasteiger charge is 2.20. The number of piperidine rings is 1. The molecule has 1 N–H and O–H groups in total. The molecule has 1 saturated heterocycles. The minimum Gasteiger partial charge on any atom is -0.496 e. The van der Waals surface area contributed by atoms with E-state index in [0.717, 1.165) is 37.2 Å². The number of methoxy groups -OCH3 is 1. The van der Waals surface area contributed by atoms with Crippen LogP contribution in [0.1, 0.15) is 40.9 Å². The summed E-state index contributed by atoms with van der Waals surface area (Å²) in [4.78, 5) is 23.3. The number of aromatic nitrogens is 2. The van der Waals surface area contributed by atoms with E-state index in [0.29, 0.717) is 23.8 Å². The van der Waals surface area contributed by atoms with Crippen molar-refractivity contribution in [2.24, 2.45) is 0 Å². The Morgan fingerprint density at radius 1 is 1.24 bits per heavy atom. The van der Waals surface area contributed by atoms with Gasteiger partial charge in [-0.2, -0.15) is 0 Å². The van der Waals surface area contributed by atoms with Crippen LogP contribution in [0.3, 0.4) is 0 Å². The summed E-state index contributed by atoms with van der Waals surface area (Å²) >= 11 is 0. The summed E-state index contributed by atoms with van der Waals surface area (Å²) in [5.74, 6) is 1.37. The molecule has 2 aromatic rings. The average molecular weight is 340 g/mol. The molecule has 6 nitrogen and oxygen atoms in total. The molecule has 1 aliphatic heterocycles. The second-order valence-corrected chi connectivity index (χ2v) is 6.21. The van der Waals surface area contributed by atoms with Gasteiger partial charge < -0.3 is 15.0 Å². The first-order chi connectivity index (χ1) is 12.2. The lowest BCUT2D eigenvalue weighted by atomic mass is 10.1. The fourth-order valence-corrected chi connectivity index (χ4v) is 3.05. The Labute approximate surface area is 148 Å². The van der Waals surface area contributed by atoms with Crippen LogP contribution in [0, 0.1) is 6.92 Å². The average Bonchev–Trinajstić information content (AvgIpc) is 2.67. The van der Waals surface area contributed by atoms with Gasteiger partial charge in [0.15, 0.2) is 0 Å². The topological polar surface area (TPSA) is 67.3 Å². The molecule has 1 aliphatic rings. The summed E-state index contributed by atoms with van der Waals surface area (Å²) < 4.78 is 5.34. The van der Waals surface area contributed by atoms with E-state index in [1.165, 1.54) is 6.42 Å². The number of carbonyl (C=O) groups is 1. The standard InChI is InChI=1S/C19H24N4O2/c1-14-16(18(24)23-10-6-3-7-11-23)13-21-19(22-14)20-12-15-8-4-5-9-17(15)25-2/h4-5,8-9,13H,3,6-7,10-12H2,1-2H3,(H,20,21,22). The van der Waals surface area contributed by atoms with Crippen molar-refractivity contribution in [3.63, 3.8) is 0 Å². The molecule has 6 heteroatoms. The van der Waals surface area contributed by atoms with Gasteiger partial charge in [-0.05, 0) is 32.3 Å². The number of nitrogens with zero attached hydrogens (tertiary/aromatic N) is 3. The van der Waals surface area contributed by atoms with Crippen LogP contribution >= 0.6 is 0 Å². The van der Waals surface area contributed by atoms with E-state index < -0.39 is 0 Å². The van der Waals surface area contributed by atoms with Crippen molar-refractivity contribution >= 4 is 11.9 Å². The van der Waals surface area contributed by atoms with Crippen LogP contribution in [0.25, 0.3) is 0 Å². The molecule has 0 aliphatic carbocycles. The number of aryl methyl sites for hydroxylation is 1. The van der Waals surface area contributed by atoms with E-state index in [4.69, 9.17) is 4.74 Å². The van der Waals surface area contributed by atoms with Crippen molar-refractivity contribution in [2.75, 3.05) is 25.5 Å². The van der Waals surface area contributed by atoms with Crippen molar-refractivity contribution in [1.29, 1.82) is 0 Å². The Hall–Kier alpha value is -2.63. The molecule has 0 saturated carbocycles. The highest BCUT2D eigenvalue weighted by atomic mass is 16.5. The highest BCUT2D eigenvalue weighted by Crippen LogP contribution is 2.19. The molecule has 1 fully saturated rings. The number of para-hydroxylation sites is 1. The molecular formula is C19H24N4O2. The number of nitrogens with one attached hydrogen (secondary N) is 1. The fourth-order valence-electron chi connectivity index (χ4n) is 3.05. The van der Waals surface area contributed by atoms with Gasteiger partial charge in [-0.15, -0.1) is 0 Å². The number of anilines is 1. The lowest BCUT2D eigenvalue weighted by molar-refractivity contribution is 0.0722. The maximum Gasteiger partial charge on any atom is 0.257 e. The van der Waals surface area contributed by atoms with Crippen molar-refractivity contribution < 1.29 is 9.53 Å². The molecule has 0 spiro atoms. The van der Waals surface area contributed by atoms with Gasteiger partial charge in [0.2, 0.25) is 5.95 Å². The predicted octanol–water partition coefficient (Wildman–Crippen LogP) is 3.03. The molecular weight excluding hydrogens is 316 g/mol. The zero-order valence-electron chi connectivity index (χ0n) is 14.8. The number of ether oxygens (including phenoxy) is 1. The van der Waals surface area contributed by atoms with Gasteiger partial charge in [0.1, 0.15) is 5.75 Å². The Morgan fingerprint density at radius 3 is 2.72 bits per heavy atom. The van der Waals surface area contributed by atoms with E-state index in [2.05, 4.69) is 15.3 Å². The summed E-state index contributed by atoms with van der Waals surface area (Å²) in [7, 11) is 1.65. The molecule has 132 valence electrons. The lowest BCUT2D eigenvalue weighted by Gasteiger charge is -2.27. The van der Waals surface area contributed by atoms with Crippen molar-refractivity contribution in [3.8, 4) is 5.75 Å². The third kappa shape index (κ3) is 4.07. The second kappa shape index (κ2) is 7.96. The number of rotatable bonds is 5.